The maximum Gasteiger partial charge on any atom is 0.238 e. The first kappa shape index (κ1) is 13.4. The molecule has 0 radical (unpaired) electrons. The van der Waals surface area contributed by atoms with Crippen LogP contribution in [0.25, 0.3) is 0 Å². The molecular formula is C9H21N3O2. The highest BCUT2D eigenvalue weighted by Gasteiger charge is 2.25. The lowest BCUT2D eigenvalue weighted by atomic mass is 10.0. The van der Waals surface area contributed by atoms with Gasteiger partial charge in [-0.2, -0.15) is 0 Å². The highest BCUT2D eigenvalue weighted by Crippen LogP contribution is 2.11. The zero-order valence-corrected chi connectivity index (χ0v) is 9.32. The van der Waals surface area contributed by atoms with Crippen LogP contribution in [0.15, 0.2) is 0 Å². The lowest BCUT2D eigenvalue weighted by molar-refractivity contribution is -0.126. The largest absolute Gasteiger partial charge is 0.395 e. The highest BCUT2D eigenvalue weighted by molar-refractivity contribution is 5.78. The van der Waals surface area contributed by atoms with Crippen LogP contribution in [0.3, 0.4) is 0 Å². The van der Waals surface area contributed by atoms with Gasteiger partial charge < -0.3 is 5.11 Å². The van der Waals surface area contributed by atoms with Crippen molar-refractivity contribution in [2.75, 3.05) is 13.7 Å². The summed E-state index contributed by atoms with van der Waals surface area (Å²) >= 11 is 0. The van der Waals surface area contributed by atoms with Gasteiger partial charge in [0.05, 0.1) is 12.5 Å². The third kappa shape index (κ3) is 3.25. The summed E-state index contributed by atoms with van der Waals surface area (Å²) in [7, 11) is 1.88. The average Bonchev–Trinajstić information content (AvgIpc) is 2.23. The average molecular weight is 203 g/mol. The maximum atomic E-state index is 11.2. The molecule has 0 fully saturated rings. The standard InChI is InChI=1S/C9H21N3O2/c1-6(5-13)12(4)8(3)7(2)9(14)11-10/h6-8,13H,5,10H2,1-4H3,(H,11,14). The summed E-state index contributed by atoms with van der Waals surface area (Å²) in [5.41, 5.74) is 2.13. The molecule has 0 aliphatic heterocycles. The van der Waals surface area contributed by atoms with Crippen molar-refractivity contribution in [1.29, 1.82) is 0 Å². The Hall–Kier alpha value is -0.650. The Balaban J connectivity index is 4.30. The number of amides is 1. The highest BCUT2D eigenvalue weighted by atomic mass is 16.3. The van der Waals surface area contributed by atoms with Gasteiger partial charge in [-0.3, -0.25) is 15.1 Å². The van der Waals surface area contributed by atoms with Crippen LogP contribution in [0.5, 0.6) is 0 Å². The fourth-order valence-corrected chi connectivity index (χ4v) is 1.23. The molecule has 84 valence electrons. The van der Waals surface area contributed by atoms with E-state index in [0.717, 1.165) is 0 Å². The Morgan fingerprint density at radius 2 is 2.00 bits per heavy atom. The van der Waals surface area contributed by atoms with Crippen molar-refractivity contribution in [2.45, 2.75) is 32.9 Å². The van der Waals surface area contributed by atoms with E-state index in [9.17, 15) is 4.79 Å². The van der Waals surface area contributed by atoms with E-state index in [1.807, 2.05) is 32.7 Å². The molecule has 0 aliphatic carbocycles. The number of aliphatic hydroxyl groups is 1. The lowest BCUT2D eigenvalue weighted by Gasteiger charge is -2.32. The maximum absolute atomic E-state index is 11.2. The summed E-state index contributed by atoms with van der Waals surface area (Å²) in [6.07, 6.45) is 0. The topological polar surface area (TPSA) is 78.6 Å². The predicted octanol–water partition coefficient (Wildman–Crippen LogP) is -0.686. The number of carbonyl (C=O) groups excluding carboxylic acids is 1. The number of likely N-dealkylation sites (N-methyl/N-ethyl adjacent to an activating group) is 1. The Morgan fingerprint density at radius 3 is 2.36 bits per heavy atom. The van der Waals surface area contributed by atoms with Crippen molar-refractivity contribution >= 4 is 5.91 Å². The molecule has 0 bridgehead atoms. The van der Waals surface area contributed by atoms with Crippen LogP contribution >= 0.6 is 0 Å². The number of nitrogens with one attached hydrogen (secondary N) is 1. The number of nitrogens with two attached hydrogens (primary N) is 1. The van der Waals surface area contributed by atoms with Gasteiger partial charge in [0.15, 0.2) is 0 Å². The van der Waals surface area contributed by atoms with Crippen molar-refractivity contribution in [1.82, 2.24) is 10.3 Å². The SMILES string of the molecule is CC(C(=O)NN)C(C)N(C)C(C)CO. The van der Waals surface area contributed by atoms with Crippen molar-refractivity contribution in [3.8, 4) is 0 Å². The second-order valence-electron chi connectivity index (χ2n) is 3.73. The molecular weight excluding hydrogens is 182 g/mol. The zero-order chi connectivity index (χ0) is 11.3. The van der Waals surface area contributed by atoms with Gasteiger partial charge in [-0.25, -0.2) is 5.84 Å². The fourth-order valence-electron chi connectivity index (χ4n) is 1.23. The van der Waals surface area contributed by atoms with E-state index in [2.05, 4.69) is 5.43 Å². The quantitative estimate of drug-likeness (QED) is 0.314. The van der Waals surface area contributed by atoms with E-state index in [1.54, 1.807) is 0 Å². The minimum Gasteiger partial charge on any atom is -0.395 e. The van der Waals surface area contributed by atoms with Crippen LogP contribution in [0.2, 0.25) is 0 Å². The van der Waals surface area contributed by atoms with Gasteiger partial charge in [0.2, 0.25) is 5.91 Å². The van der Waals surface area contributed by atoms with E-state index >= 15 is 0 Å². The molecule has 0 aliphatic rings. The molecule has 0 heterocycles. The molecule has 0 spiro atoms. The van der Waals surface area contributed by atoms with Crippen LogP contribution in [0.1, 0.15) is 20.8 Å². The van der Waals surface area contributed by atoms with Crippen LogP contribution < -0.4 is 11.3 Å². The molecule has 0 saturated heterocycles. The second kappa shape index (κ2) is 5.95. The minimum atomic E-state index is -0.195. The molecule has 0 aromatic heterocycles. The zero-order valence-electron chi connectivity index (χ0n) is 9.32. The Morgan fingerprint density at radius 1 is 1.50 bits per heavy atom. The number of hydrogen-bond donors (Lipinski definition) is 3. The van der Waals surface area contributed by atoms with Crippen molar-refractivity contribution in [2.24, 2.45) is 11.8 Å². The van der Waals surface area contributed by atoms with E-state index in [4.69, 9.17) is 10.9 Å². The first-order valence-electron chi connectivity index (χ1n) is 4.78. The number of hydrazine groups is 1. The summed E-state index contributed by atoms with van der Waals surface area (Å²) < 4.78 is 0. The van der Waals surface area contributed by atoms with E-state index < -0.39 is 0 Å². The number of carbonyl (C=O) groups is 1. The number of rotatable bonds is 5. The molecule has 5 heteroatoms. The van der Waals surface area contributed by atoms with Gasteiger partial charge in [0.25, 0.3) is 0 Å². The van der Waals surface area contributed by atoms with Crippen molar-refractivity contribution < 1.29 is 9.90 Å². The molecule has 0 aromatic rings. The Kier molecular flexibility index (Phi) is 5.68. The van der Waals surface area contributed by atoms with Crippen LogP contribution in [0.4, 0.5) is 0 Å². The number of nitrogens with zero attached hydrogens (tertiary/aromatic N) is 1. The summed E-state index contributed by atoms with van der Waals surface area (Å²) in [5, 5.41) is 8.96. The molecule has 4 N–H and O–H groups in total. The predicted molar refractivity (Wildman–Crippen MR) is 55.3 cm³/mol. The first-order chi connectivity index (χ1) is 6.45. The van der Waals surface area contributed by atoms with E-state index in [1.165, 1.54) is 0 Å². The summed E-state index contributed by atoms with van der Waals surface area (Å²) in [6.45, 7) is 5.74. The van der Waals surface area contributed by atoms with Crippen LogP contribution in [0, 0.1) is 5.92 Å². The molecule has 3 unspecified atom stereocenters. The molecule has 14 heavy (non-hydrogen) atoms. The van der Waals surface area contributed by atoms with Gasteiger partial charge in [0, 0.05) is 12.1 Å². The molecule has 3 atom stereocenters. The van der Waals surface area contributed by atoms with Gasteiger partial charge in [-0.1, -0.05) is 6.92 Å². The smallest absolute Gasteiger partial charge is 0.238 e. The summed E-state index contributed by atoms with van der Waals surface area (Å²) in [4.78, 5) is 13.2. The van der Waals surface area contributed by atoms with Gasteiger partial charge >= 0.3 is 0 Å². The minimum absolute atomic E-state index is 0.0398. The molecule has 5 nitrogen and oxygen atoms in total. The summed E-state index contributed by atoms with van der Waals surface area (Å²) in [6, 6.07) is 0.0822. The Labute approximate surface area is 85.2 Å². The monoisotopic (exact) mass is 203 g/mol. The van der Waals surface area contributed by atoms with Crippen molar-refractivity contribution in [3.05, 3.63) is 0 Å². The number of hydrogen-bond acceptors (Lipinski definition) is 4. The Bertz CT molecular complexity index is 187. The van der Waals surface area contributed by atoms with Crippen LogP contribution in [-0.4, -0.2) is 41.7 Å². The molecule has 1 amide bonds. The lowest BCUT2D eigenvalue weighted by Crippen LogP contribution is -2.48. The molecule has 0 rings (SSSR count). The van der Waals surface area contributed by atoms with Gasteiger partial charge in [0.1, 0.15) is 0 Å². The first-order valence-corrected chi connectivity index (χ1v) is 4.78. The third-order valence-electron chi connectivity index (χ3n) is 2.88. The van der Waals surface area contributed by atoms with Crippen LogP contribution in [-0.2, 0) is 4.79 Å². The van der Waals surface area contributed by atoms with E-state index in [0.29, 0.717) is 0 Å². The normalized spacial score (nSPS) is 17.6. The van der Waals surface area contributed by atoms with Gasteiger partial charge in [-0.15, -0.1) is 0 Å². The molecule has 0 aromatic carbocycles. The molecule has 0 saturated carbocycles. The second-order valence-corrected chi connectivity index (χ2v) is 3.73. The summed E-state index contributed by atoms with van der Waals surface area (Å²) in [5.74, 6) is 4.67. The third-order valence-corrected chi connectivity index (χ3v) is 2.88. The fraction of sp³-hybridized carbons (Fsp3) is 0.889. The number of aliphatic hydroxyl groups excluding tert-OH is 1. The van der Waals surface area contributed by atoms with Crippen molar-refractivity contribution in [3.63, 3.8) is 0 Å². The van der Waals surface area contributed by atoms with E-state index in [-0.39, 0.29) is 30.5 Å². The van der Waals surface area contributed by atoms with Gasteiger partial charge in [-0.05, 0) is 20.9 Å².